The van der Waals surface area contributed by atoms with Crippen molar-refractivity contribution in [3.8, 4) is 11.4 Å². The van der Waals surface area contributed by atoms with E-state index in [9.17, 15) is 14.0 Å². The van der Waals surface area contributed by atoms with Crippen LogP contribution in [-0.2, 0) is 22.6 Å². The van der Waals surface area contributed by atoms with Gasteiger partial charge in [0.25, 0.3) is 5.56 Å². The van der Waals surface area contributed by atoms with Gasteiger partial charge in [0, 0.05) is 30.9 Å². The number of anilines is 1. The number of benzene rings is 2. The molecular weight excluding hydrogens is 587 g/mol. The van der Waals surface area contributed by atoms with E-state index < -0.39 is 0 Å². The highest BCUT2D eigenvalue weighted by Gasteiger charge is 2.30. The maximum Gasteiger partial charge on any atom is 0.266 e. The van der Waals surface area contributed by atoms with Gasteiger partial charge in [0.2, 0.25) is 5.91 Å². The summed E-state index contributed by atoms with van der Waals surface area (Å²) in [6.45, 7) is 2.97. The largest absolute Gasteiger partial charge is 0.497 e. The van der Waals surface area contributed by atoms with Crippen LogP contribution in [0, 0.1) is 5.82 Å². The first kappa shape index (κ1) is 29.3. The SMILES string of the molecule is COc1ccc(CN2C[C@H]([C@H](C)Nc3cc(-n4ccc5c(cnn5Cc5ccccc5F)c4=O)c(Cl)cn3)OCC2=O)cc1. The summed E-state index contributed by atoms with van der Waals surface area (Å²) in [7, 11) is 1.61. The Bertz CT molecular complexity index is 1880. The second-order valence-electron chi connectivity index (χ2n) is 10.6. The number of ether oxygens (including phenoxy) is 2. The molecule has 0 spiro atoms. The van der Waals surface area contributed by atoms with Crippen molar-refractivity contribution in [1.29, 1.82) is 0 Å². The van der Waals surface area contributed by atoms with Crippen molar-refractivity contribution in [3.63, 3.8) is 0 Å². The van der Waals surface area contributed by atoms with Crippen molar-refractivity contribution in [2.75, 3.05) is 25.6 Å². The van der Waals surface area contributed by atoms with Crippen molar-refractivity contribution in [1.82, 2.24) is 24.2 Å². The van der Waals surface area contributed by atoms with Crippen LogP contribution < -0.4 is 15.6 Å². The summed E-state index contributed by atoms with van der Waals surface area (Å²) < 4.78 is 28.3. The van der Waals surface area contributed by atoms with E-state index in [1.54, 1.807) is 53.2 Å². The number of aromatic nitrogens is 4. The fraction of sp³-hybridized carbons (Fsp3) is 0.250. The summed E-state index contributed by atoms with van der Waals surface area (Å²) >= 11 is 6.51. The van der Waals surface area contributed by atoms with E-state index in [2.05, 4.69) is 15.4 Å². The first-order chi connectivity index (χ1) is 21.3. The monoisotopic (exact) mass is 616 g/mol. The molecule has 2 atom stereocenters. The zero-order valence-corrected chi connectivity index (χ0v) is 24.9. The molecular formula is C32H30ClFN6O4. The average molecular weight is 617 g/mol. The zero-order chi connectivity index (χ0) is 30.8. The van der Waals surface area contributed by atoms with Gasteiger partial charge in [-0.05, 0) is 36.8 Å². The van der Waals surface area contributed by atoms with Gasteiger partial charge in [0.15, 0.2) is 0 Å². The van der Waals surface area contributed by atoms with E-state index in [1.807, 2.05) is 31.2 Å². The van der Waals surface area contributed by atoms with Crippen LogP contribution in [0.1, 0.15) is 18.1 Å². The highest BCUT2D eigenvalue weighted by molar-refractivity contribution is 6.32. The van der Waals surface area contributed by atoms with Gasteiger partial charge < -0.3 is 19.7 Å². The van der Waals surface area contributed by atoms with Gasteiger partial charge in [-0.25, -0.2) is 9.37 Å². The number of amides is 1. The van der Waals surface area contributed by atoms with Crippen LogP contribution >= 0.6 is 11.6 Å². The Hall–Kier alpha value is -4.74. The molecule has 3 aromatic heterocycles. The first-order valence-corrected chi connectivity index (χ1v) is 14.4. The molecule has 1 fully saturated rings. The number of hydrogen-bond donors (Lipinski definition) is 1. The third kappa shape index (κ3) is 6.01. The van der Waals surface area contributed by atoms with Crippen LogP contribution in [0.4, 0.5) is 10.2 Å². The van der Waals surface area contributed by atoms with Crippen LogP contribution in [0.25, 0.3) is 16.6 Å². The molecule has 10 nitrogen and oxygen atoms in total. The normalized spacial score (nSPS) is 15.9. The summed E-state index contributed by atoms with van der Waals surface area (Å²) in [5.74, 6) is 0.826. The molecule has 1 N–H and O–H groups in total. The number of carbonyl (C=O) groups excluding carboxylic acids is 1. The van der Waals surface area contributed by atoms with Crippen molar-refractivity contribution >= 4 is 34.2 Å². The van der Waals surface area contributed by atoms with Crippen molar-refractivity contribution in [3.05, 3.63) is 112 Å². The minimum atomic E-state index is -0.336. The molecule has 44 heavy (non-hydrogen) atoms. The molecule has 0 radical (unpaired) electrons. The lowest BCUT2D eigenvalue weighted by atomic mass is 10.1. The number of halogens is 2. The fourth-order valence-electron chi connectivity index (χ4n) is 5.25. The second-order valence-corrected chi connectivity index (χ2v) is 11.0. The van der Waals surface area contributed by atoms with E-state index in [0.717, 1.165) is 11.3 Å². The van der Waals surface area contributed by atoms with Crippen LogP contribution in [0.2, 0.25) is 5.02 Å². The molecule has 6 rings (SSSR count). The highest BCUT2D eigenvalue weighted by Crippen LogP contribution is 2.24. The maximum atomic E-state index is 14.2. The van der Waals surface area contributed by atoms with Gasteiger partial charge in [-0.1, -0.05) is 41.9 Å². The first-order valence-electron chi connectivity index (χ1n) is 14.1. The Balaban J connectivity index is 1.18. The zero-order valence-electron chi connectivity index (χ0n) is 24.1. The number of rotatable bonds is 9. The molecule has 1 aliphatic rings. The highest BCUT2D eigenvalue weighted by atomic mass is 35.5. The molecule has 1 aliphatic heterocycles. The number of pyridine rings is 2. The molecule has 1 saturated heterocycles. The lowest BCUT2D eigenvalue weighted by Gasteiger charge is -2.36. The maximum absolute atomic E-state index is 14.2. The summed E-state index contributed by atoms with van der Waals surface area (Å²) in [4.78, 5) is 32.3. The predicted octanol–water partition coefficient (Wildman–Crippen LogP) is 4.66. The number of hydrogen-bond acceptors (Lipinski definition) is 7. The van der Waals surface area contributed by atoms with Crippen LogP contribution in [0.15, 0.2) is 84.0 Å². The molecule has 1 amide bonds. The Labute approximate surface area is 257 Å². The average Bonchev–Trinajstić information content (AvgIpc) is 3.44. The third-order valence-corrected chi connectivity index (χ3v) is 8.01. The molecule has 0 aliphatic carbocycles. The quantitative estimate of drug-likeness (QED) is 0.257. The fourth-order valence-corrected chi connectivity index (χ4v) is 5.44. The smallest absolute Gasteiger partial charge is 0.266 e. The lowest BCUT2D eigenvalue weighted by Crippen LogP contribution is -2.51. The van der Waals surface area contributed by atoms with Crippen molar-refractivity contribution in [2.24, 2.45) is 0 Å². The number of methoxy groups -OCH3 is 1. The van der Waals surface area contributed by atoms with Gasteiger partial charge in [-0.15, -0.1) is 0 Å². The lowest BCUT2D eigenvalue weighted by molar-refractivity contribution is -0.150. The summed E-state index contributed by atoms with van der Waals surface area (Å²) in [5, 5.41) is 8.33. The molecule has 0 saturated carbocycles. The minimum absolute atomic E-state index is 0.0217. The summed E-state index contributed by atoms with van der Waals surface area (Å²) in [6, 6.07) is 17.3. The molecule has 5 aromatic rings. The van der Waals surface area contributed by atoms with E-state index in [1.165, 1.54) is 23.0 Å². The van der Waals surface area contributed by atoms with Gasteiger partial charge in [0.1, 0.15) is 24.0 Å². The Morgan fingerprint density at radius 3 is 2.68 bits per heavy atom. The molecule has 4 heterocycles. The summed E-state index contributed by atoms with van der Waals surface area (Å²) in [6.07, 6.45) is 4.27. The minimum Gasteiger partial charge on any atom is -0.497 e. The number of nitrogens with zero attached hydrogens (tertiary/aromatic N) is 5. The third-order valence-electron chi connectivity index (χ3n) is 7.72. The predicted molar refractivity (Wildman–Crippen MR) is 165 cm³/mol. The van der Waals surface area contributed by atoms with Crippen LogP contribution in [-0.4, -0.2) is 62.5 Å². The van der Waals surface area contributed by atoms with E-state index in [0.29, 0.717) is 41.1 Å². The van der Waals surface area contributed by atoms with Gasteiger partial charge >= 0.3 is 0 Å². The second kappa shape index (κ2) is 12.5. The van der Waals surface area contributed by atoms with Crippen molar-refractivity contribution < 1.29 is 18.7 Å². The molecule has 0 bridgehead atoms. The number of carbonyl (C=O) groups is 1. The number of fused-ring (bicyclic) bond motifs is 1. The molecule has 2 aromatic carbocycles. The molecule has 0 unspecified atom stereocenters. The topological polar surface area (TPSA) is 104 Å². The Morgan fingerprint density at radius 1 is 1.11 bits per heavy atom. The molecule has 12 heteroatoms. The van der Waals surface area contributed by atoms with Gasteiger partial charge in [0.05, 0.1) is 59.8 Å². The van der Waals surface area contributed by atoms with E-state index in [-0.39, 0.29) is 47.6 Å². The summed E-state index contributed by atoms with van der Waals surface area (Å²) in [5.41, 5.74) is 2.15. The van der Waals surface area contributed by atoms with E-state index >= 15 is 0 Å². The Kier molecular flexibility index (Phi) is 8.32. The molecule has 226 valence electrons. The number of nitrogens with one attached hydrogen (secondary N) is 1. The van der Waals surface area contributed by atoms with Crippen molar-refractivity contribution in [2.45, 2.75) is 32.2 Å². The standard InChI is InChI=1S/C32H30ClFN6O4/c1-20(29-18-38(31(41)19-44-29)16-21-7-9-23(43-2)10-8-21)37-30-13-28(25(33)15-35-30)39-12-11-27-24(32(39)42)14-36-40(27)17-22-5-3-4-6-26(22)34/h3-15,20,29H,16-19H2,1-2H3,(H,35,37)/t20-,29+/m0/s1. The number of morpholine rings is 1. The van der Waals surface area contributed by atoms with Crippen LogP contribution in [0.3, 0.4) is 0 Å². The van der Waals surface area contributed by atoms with Gasteiger partial charge in [-0.3, -0.25) is 18.8 Å². The van der Waals surface area contributed by atoms with Crippen LogP contribution in [0.5, 0.6) is 5.75 Å². The van der Waals surface area contributed by atoms with Gasteiger partial charge in [-0.2, -0.15) is 5.10 Å². The van der Waals surface area contributed by atoms with E-state index in [4.69, 9.17) is 21.1 Å². The Morgan fingerprint density at radius 2 is 1.91 bits per heavy atom.